The van der Waals surface area contributed by atoms with E-state index in [-0.39, 0.29) is 11.4 Å². The second kappa shape index (κ2) is 5.44. The Morgan fingerprint density at radius 1 is 1.14 bits per heavy atom. The summed E-state index contributed by atoms with van der Waals surface area (Å²) in [4.78, 5) is 18.5. The first-order valence-corrected chi connectivity index (χ1v) is 6.69. The van der Waals surface area contributed by atoms with E-state index in [4.69, 9.17) is 0 Å². The highest BCUT2D eigenvalue weighted by Gasteiger charge is 2.10. The zero-order valence-electron chi connectivity index (χ0n) is 12.1. The number of nitrogens with zero attached hydrogens (tertiary/aromatic N) is 3. The molecule has 22 heavy (non-hydrogen) atoms. The third-order valence-corrected chi connectivity index (χ3v) is 3.01. The Kier molecular flexibility index (Phi) is 3.46. The molecule has 0 aliphatic heterocycles. The van der Waals surface area contributed by atoms with Crippen LogP contribution in [0.15, 0.2) is 41.2 Å². The standard InChI is InChI=1S/C15H14FN5O/c1-9-8-14(22)19-15(17-9)21-13(7-10(2)20-21)18-12-5-3-11(16)4-6-12/h3-8,18H,1-2H3,(H,17,19,22). The van der Waals surface area contributed by atoms with E-state index >= 15 is 0 Å². The van der Waals surface area contributed by atoms with Gasteiger partial charge >= 0.3 is 0 Å². The lowest BCUT2D eigenvalue weighted by molar-refractivity contribution is 0.628. The van der Waals surface area contributed by atoms with Gasteiger partial charge < -0.3 is 5.32 Å². The number of hydrogen-bond donors (Lipinski definition) is 2. The molecule has 2 heterocycles. The number of rotatable bonds is 3. The molecule has 3 aromatic rings. The first kappa shape index (κ1) is 14.0. The van der Waals surface area contributed by atoms with Gasteiger partial charge in [-0.15, -0.1) is 0 Å². The van der Waals surface area contributed by atoms with E-state index in [1.165, 1.54) is 22.9 Å². The summed E-state index contributed by atoms with van der Waals surface area (Å²) in [5, 5.41) is 7.45. The van der Waals surface area contributed by atoms with Gasteiger partial charge in [-0.3, -0.25) is 9.78 Å². The molecule has 1 aromatic carbocycles. The van der Waals surface area contributed by atoms with Gasteiger partial charge in [0.25, 0.3) is 5.56 Å². The second-order valence-electron chi connectivity index (χ2n) is 4.93. The van der Waals surface area contributed by atoms with Gasteiger partial charge in [0.1, 0.15) is 11.6 Å². The first-order chi connectivity index (χ1) is 10.5. The fourth-order valence-electron chi connectivity index (χ4n) is 2.09. The monoisotopic (exact) mass is 299 g/mol. The number of hydrogen-bond acceptors (Lipinski definition) is 4. The minimum absolute atomic E-state index is 0.247. The molecule has 112 valence electrons. The van der Waals surface area contributed by atoms with Crippen molar-refractivity contribution in [3.05, 3.63) is 64.0 Å². The number of benzene rings is 1. The van der Waals surface area contributed by atoms with Crippen molar-refractivity contribution in [1.82, 2.24) is 19.7 Å². The van der Waals surface area contributed by atoms with Gasteiger partial charge in [-0.05, 0) is 38.1 Å². The molecule has 3 rings (SSSR count). The Bertz CT molecular complexity index is 866. The van der Waals surface area contributed by atoms with Gasteiger partial charge in [0, 0.05) is 23.5 Å². The quantitative estimate of drug-likeness (QED) is 0.779. The summed E-state index contributed by atoms with van der Waals surface area (Å²) in [7, 11) is 0. The molecule has 0 amide bonds. The molecule has 2 aromatic heterocycles. The summed E-state index contributed by atoms with van der Waals surface area (Å²) in [5.74, 6) is 0.639. The molecule has 2 N–H and O–H groups in total. The molecule has 0 aliphatic rings. The molecule has 0 saturated heterocycles. The normalized spacial score (nSPS) is 10.7. The molecule has 0 radical (unpaired) electrons. The minimum Gasteiger partial charge on any atom is -0.340 e. The SMILES string of the molecule is Cc1cc(=O)[nH]c(-n2nc(C)cc2Nc2ccc(F)cc2)n1. The lowest BCUT2D eigenvalue weighted by Gasteiger charge is -2.09. The van der Waals surface area contributed by atoms with Gasteiger partial charge in [0.05, 0.1) is 5.69 Å². The van der Waals surface area contributed by atoms with Crippen molar-refractivity contribution in [2.75, 3.05) is 5.32 Å². The van der Waals surface area contributed by atoms with Crippen LogP contribution in [0.4, 0.5) is 15.9 Å². The van der Waals surface area contributed by atoms with Crippen LogP contribution in [-0.2, 0) is 0 Å². The van der Waals surface area contributed by atoms with E-state index in [2.05, 4.69) is 20.4 Å². The molecule has 7 heteroatoms. The van der Waals surface area contributed by atoms with Gasteiger partial charge in [0.15, 0.2) is 0 Å². The molecular formula is C15H14FN5O. The third-order valence-electron chi connectivity index (χ3n) is 3.01. The number of nitrogens with one attached hydrogen (secondary N) is 2. The zero-order valence-corrected chi connectivity index (χ0v) is 12.1. The lowest BCUT2D eigenvalue weighted by Crippen LogP contribution is -2.15. The van der Waals surface area contributed by atoms with Gasteiger partial charge in [-0.1, -0.05) is 0 Å². The van der Waals surface area contributed by atoms with Crippen LogP contribution >= 0.6 is 0 Å². The van der Waals surface area contributed by atoms with E-state index in [0.29, 0.717) is 23.1 Å². The van der Waals surface area contributed by atoms with Crippen molar-refractivity contribution in [2.24, 2.45) is 0 Å². The predicted octanol–water partition coefficient (Wildman–Crippen LogP) is 2.46. The Balaban J connectivity index is 2.02. The largest absolute Gasteiger partial charge is 0.340 e. The van der Waals surface area contributed by atoms with Crippen LogP contribution < -0.4 is 10.9 Å². The smallest absolute Gasteiger partial charge is 0.252 e. The summed E-state index contributed by atoms with van der Waals surface area (Å²) in [5.41, 5.74) is 1.81. The fraction of sp³-hybridized carbons (Fsp3) is 0.133. The van der Waals surface area contributed by atoms with Crippen LogP contribution in [0.2, 0.25) is 0 Å². The Morgan fingerprint density at radius 2 is 1.86 bits per heavy atom. The first-order valence-electron chi connectivity index (χ1n) is 6.69. The van der Waals surface area contributed by atoms with Crippen LogP contribution in [0.1, 0.15) is 11.4 Å². The Hall–Kier alpha value is -2.96. The summed E-state index contributed by atoms with van der Waals surface area (Å²) < 4.78 is 14.5. The van der Waals surface area contributed by atoms with Crippen LogP contribution in [0, 0.1) is 19.7 Å². The fourth-order valence-corrected chi connectivity index (χ4v) is 2.09. The van der Waals surface area contributed by atoms with Gasteiger partial charge in [0.2, 0.25) is 5.95 Å². The summed E-state index contributed by atoms with van der Waals surface area (Å²) >= 11 is 0. The van der Waals surface area contributed by atoms with Crippen molar-refractivity contribution >= 4 is 11.5 Å². The van der Waals surface area contributed by atoms with Gasteiger partial charge in [-0.2, -0.15) is 9.78 Å². The topological polar surface area (TPSA) is 75.6 Å². The van der Waals surface area contributed by atoms with Crippen LogP contribution in [-0.4, -0.2) is 19.7 Å². The molecule has 0 unspecified atom stereocenters. The van der Waals surface area contributed by atoms with Crippen molar-refractivity contribution < 1.29 is 4.39 Å². The van der Waals surface area contributed by atoms with E-state index in [0.717, 1.165) is 5.69 Å². The maximum absolute atomic E-state index is 13.0. The molecule has 0 fully saturated rings. The third kappa shape index (κ3) is 2.88. The minimum atomic E-state index is -0.306. The number of aromatic amines is 1. The van der Waals surface area contributed by atoms with Crippen LogP contribution in [0.5, 0.6) is 0 Å². The van der Waals surface area contributed by atoms with Crippen molar-refractivity contribution in [3.8, 4) is 5.95 Å². The highest BCUT2D eigenvalue weighted by Crippen LogP contribution is 2.20. The van der Waals surface area contributed by atoms with E-state index in [1.807, 2.05) is 13.0 Å². The number of H-pyrrole nitrogens is 1. The number of anilines is 2. The highest BCUT2D eigenvalue weighted by atomic mass is 19.1. The molecule has 0 bridgehead atoms. The average molecular weight is 299 g/mol. The number of aromatic nitrogens is 4. The van der Waals surface area contributed by atoms with E-state index in [1.54, 1.807) is 19.1 Å². The molecule has 0 saturated carbocycles. The van der Waals surface area contributed by atoms with Crippen LogP contribution in [0.3, 0.4) is 0 Å². The average Bonchev–Trinajstić information content (AvgIpc) is 2.81. The molecule has 0 atom stereocenters. The van der Waals surface area contributed by atoms with Crippen molar-refractivity contribution in [3.63, 3.8) is 0 Å². The second-order valence-corrected chi connectivity index (χ2v) is 4.93. The molecular weight excluding hydrogens is 285 g/mol. The van der Waals surface area contributed by atoms with E-state index < -0.39 is 0 Å². The van der Waals surface area contributed by atoms with Crippen molar-refractivity contribution in [2.45, 2.75) is 13.8 Å². The Morgan fingerprint density at radius 3 is 2.55 bits per heavy atom. The van der Waals surface area contributed by atoms with Crippen molar-refractivity contribution in [1.29, 1.82) is 0 Å². The Labute approximate surface area is 125 Å². The number of halogens is 1. The summed E-state index contributed by atoms with van der Waals surface area (Å²) in [6.45, 7) is 3.57. The summed E-state index contributed by atoms with van der Waals surface area (Å²) in [6, 6.07) is 9.19. The van der Waals surface area contributed by atoms with Gasteiger partial charge in [-0.25, -0.2) is 9.37 Å². The zero-order chi connectivity index (χ0) is 15.7. The maximum Gasteiger partial charge on any atom is 0.252 e. The van der Waals surface area contributed by atoms with Crippen LogP contribution in [0.25, 0.3) is 5.95 Å². The predicted molar refractivity (Wildman–Crippen MR) is 81.1 cm³/mol. The maximum atomic E-state index is 13.0. The highest BCUT2D eigenvalue weighted by molar-refractivity contribution is 5.58. The molecule has 0 spiro atoms. The molecule has 0 aliphatic carbocycles. The number of aryl methyl sites for hydroxylation is 2. The summed E-state index contributed by atoms with van der Waals surface area (Å²) in [6.07, 6.45) is 0. The lowest BCUT2D eigenvalue weighted by atomic mass is 10.3. The molecule has 6 nitrogen and oxygen atoms in total. The van der Waals surface area contributed by atoms with E-state index in [9.17, 15) is 9.18 Å².